The van der Waals surface area contributed by atoms with Crippen LogP contribution in [0.15, 0.2) is 0 Å². The lowest BCUT2D eigenvalue weighted by molar-refractivity contribution is -0.0229. The van der Waals surface area contributed by atoms with Crippen molar-refractivity contribution >= 4 is 0 Å². The summed E-state index contributed by atoms with van der Waals surface area (Å²) in [6, 6.07) is 0. The highest BCUT2D eigenvalue weighted by atomic mass is 16.6. The number of hydrogen-bond donors (Lipinski definition) is 2. The van der Waals surface area contributed by atoms with Crippen molar-refractivity contribution in [2.45, 2.75) is 0 Å². The third kappa shape index (κ3) is 45.3. The van der Waals surface area contributed by atoms with Gasteiger partial charge in [0, 0.05) is 13.1 Å². The van der Waals surface area contributed by atoms with Gasteiger partial charge >= 0.3 is 0 Å². The van der Waals surface area contributed by atoms with Crippen LogP contribution in [-0.4, -0.2) is 233 Å². The zero-order valence-electron chi connectivity index (χ0n) is 30.7. The Morgan fingerprint density at radius 3 is 0.540 bits per heavy atom. The van der Waals surface area contributed by atoms with E-state index >= 15 is 0 Å². The Kier molecular flexibility index (Phi) is 45.7. The van der Waals surface area contributed by atoms with Gasteiger partial charge in [-0.1, -0.05) is 0 Å². The van der Waals surface area contributed by atoms with E-state index in [0.717, 1.165) is 13.1 Å². The average molecular weight is 736 g/mol. The van der Waals surface area contributed by atoms with Gasteiger partial charge in [-0.3, -0.25) is 0 Å². The molecule has 50 heavy (non-hydrogen) atoms. The average Bonchev–Trinajstić information content (AvgIpc) is 3.12. The number of ether oxygens (including phenoxy) is 14. The number of likely N-dealkylation sites (N-methyl/N-ethyl adjacent to an activating group) is 1. The van der Waals surface area contributed by atoms with E-state index in [4.69, 9.17) is 76.5 Å². The van der Waals surface area contributed by atoms with E-state index in [0.29, 0.717) is 185 Å². The molecular formula is C33H69NO16. The van der Waals surface area contributed by atoms with Gasteiger partial charge in [-0.25, -0.2) is 0 Å². The van der Waals surface area contributed by atoms with Crippen LogP contribution in [0.2, 0.25) is 0 Å². The highest BCUT2D eigenvalue weighted by Crippen LogP contribution is 1.89. The van der Waals surface area contributed by atoms with Crippen molar-refractivity contribution in [3.05, 3.63) is 0 Å². The number of aliphatic hydroxyl groups is 2. The van der Waals surface area contributed by atoms with Gasteiger partial charge in [0.1, 0.15) is 0 Å². The second kappa shape index (κ2) is 46.3. The Labute approximate surface area is 299 Å². The molecule has 0 aromatic carbocycles. The molecule has 0 bridgehead atoms. The summed E-state index contributed by atoms with van der Waals surface area (Å²) in [6.45, 7) is 15.8. The molecule has 0 saturated carbocycles. The fourth-order valence-electron chi connectivity index (χ4n) is 3.52. The standard InChI is InChI=1S/C33H69NO16/c1-34(2-6-37-10-14-41-18-22-45-26-30-49-32-28-47-24-20-43-16-12-39-8-4-35)3-7-38-11-15-42-19-23-46-27-31-50-33-29-48-25-21-44-17-13-40-9-5-36/h35-36H,2-33H2,1H3. The first-order valence-corrected chi connectivity index (χ1v) is 17.8. The van der Waals surface area contributed by atoms with Crippen molar-refractivity contribution in [1.29, 1.82) is 0 Å². The lowest BCUT2D eigenvalue weighted by atomic mass is 10.5. The van der Waals surface area contributed by atoms with Gasteiger partial charge < -0.3 is 81.4 Å². The van der Waals surface area contributed by atoms with Crippen LogP contribution in [0.25, 0.3) is 0 Å². The molecular weight excluding hydrogens is 666 g/mol. The van der Waals surface area contributed by atoms with E-state index in [2.05, 4.69) is 4.90 Å². The molecule has 0 spiro atoms. The Balaban J connectivity index is 3.14. The lowest BCUT2D eigenvalue weighted by Crippen LogP contribution is -2.28. The summed E-state index contributed by atoms with van der Waals surface area (Å²) in [5.74, 6) is 0. The Morgan fingerprint density at radius 1 is 0.240 bits per heavy atom. The third-order valence-corrected chi connectivity index (χ3v) is 6.17. The van der Waals surface area contributed by atoms with E-state index in [-0.39, 0.29) is 13.2 Å². The van der Waals surface area contributed by atoms with Crippen LogP contribution in [0.5, 0.6) is 0 Å². The number of rotatable bonds is 46. The minimum atomic E-state index is 0.0236. The maximum Gasteiger partial charge on any atom is 0.0701 e. The summed E-state index contributed by atoms with van der Waals surface area (Å²) >= 11 is 0. The zero-order valence-corrected chi connectivity index (χ0v) is 30.7. The van der Waals surface area contributed by atoms with Crippen LogP contribution in [0.1, 0.15) is 0 Å². The van der Waals surface area contributed by atoms with Gasteiger partial charge in [-0.05, 0) is 7.05 Å². The first-order chi connectivity index (χ1) is 24.8. The first kappa shape index (κ1) is 49.3. The van der Waals surface area contributed by atoms with Crippen LogP contribution < -0.4 is 0 Å². The molecule has 0 aliphatic carbocycles. The molecule has 0 aliphatic rings. The Bertz CT molecular complexity index is 554. The van der Waals surface area contributed by atoms with E-state index in [1.165, 1.54) is 0 Å². The van der Waals surface area contributed by atoms with Crippen molar-refractivity contribution in [3.8, 4) is 0 Å². The fourth-order valence-corrected chi connectivity index (χ4v) is 3.52. The van der Waals surface area contributed by atoms with Gasteiger partial charge in [0.2, 0.25) is 0 Å². The molecule has 0 aliphatic heterocycles. The largest absolute Gasteiger partial charge is 0.394 e. The zero-order chi connectivity index (χ0) is 36.1. The summed E-state index contributed by atoms with van der Waals surface area (Å²) in [6.07, 6.45) is 0. The Morgan fingerprint density at radius 2 is 0.380 bits per heavy atom. The molecule has 17 nitrogen and oxygen atoms in total. The molecule has 0 rings (SSSR count). The van der Waals surface area contributed by atoms with Gasteiger partial charge in [-0.2, -0.15) is 0 Å². The third-order valence-electron chi connectivity index (χ3n) is 6.17. The summed E-state index contributed by atoms with van der Waals surface area (Å²) in [5.41, 5.74) is 0. The van der Waals surface area contributed by atoms with E-state index in [1.807, 2.05) is 7.05 Å². The van der Waals surface area contributed by atoms with Gasteiger partial charge in [-0.15, -0.1) is 0 Å². The van der Waals surface area contributed by atoms with Gasteiger partial charge in [0.05, 0.1) is 198 Å². The number of aliphatic hydroxyl groups excluding tert-OH is 2. The van der Waals surface area contributed by atoms with Gasteiger partial charge in [0.25, 0.3) is 0 Å². The van der Waals surface area contributed by atoms with Crippen molar-refractivity contribution < 1.29 is 76.5 Å². The molecule has 0 unspecified atom stereocenters. The normalized spacial score (nSPS) is 11.8. The summed E-state index contributed by atoms with van der Waals surface area (Å²) in [4.78, 5) is 2.16. The van der Waals surface area contributed by atoms with Crippen molar-refractivity contribution in [1.82, 2.24) is 4.90 Å². The highest BCUT2D eigenvalue weighted by molar-refractivity contribution is 4.50. The monoisotopic (exact) mass is 735 g/mol. The molecule has 0 heterocycles. The van der Waals surface area contributed by atoms with E-state index in [1.54, 1.807) is 0 Å². The Hall–Kier alpha value is -0.680. The molecule has 0 fully saturated rings. The molecule has 0 atom stereocenters. The smallest absolute Gasteiger partial charge is 0.0701 e. The van der Waals surface area contributed by atoms with E-state index in [9.17, 15) is 0 Å². The maximum atomic E-state index is 8.59. The van der Waals surface area contributed by atoms with Crippen LogP contribution in [-0.2, 0) is 66.3 Å². The van der Waals surface area contributed by atoms with Crippen LogP contribution in [0.3, 0.4) is 0 Å². The molecule has 0 saturated heterocycles. The topological polar surface area (TPSA) is 173 Å². The second-order valence-electron chi connectivity index (χ2n) is 10.3. The maximum absolute atomic E-state index is 8.59. The molecule has 0 aromatic heterocycles. The minimum absolute atomic E-state index is 0.0236. The fraction of sp³-hybridized carbons (Fsp3) is 1.00. The minimum Gasteiger partial charge on any atom is -0.394 e. The highest BCUT2D eigenvalue weighted by Gasteiger charge is 2.00. The number of hydrogen-bond acceptors (Lipinski definition) is 17. The quantitative estimate of drug-likeness (QED) is 0.0739. The van der Waals surface area contributed by atoms with E-state index < -0.39 is 0 Å². The predicted octanol–water partition coefficient (Wildman–Crippen LogP) is -0.865. The predicted molar refractivity (Wildman–Crippen MR) is 183 cm³/mol. The summed E-state index contributed by atoms with van der Waals surface area (Å²) < 4.78 is 75.8. The molecule has 17 heteroatoms. The van der Waals surface area contributed by atoms with Crippen LogP contribution in [0, 0.1) is 0 Å². The van der Waals surface area contributed by atoms with Crippen LogP contribution >= 0.6 is 0 Å². The van der Waals surface area contributed by atoms with Crippen LogP contribution in [0.4, 0.5) is 0 Å². The lowest BCUT2D eigenvalue weighted by Gasteiger charge is -2.16. The summed E-state index contributed by atoms with van der Waals surface area (Å²) in [7, 11) is 2.04. The molecule has 0 radical (unpaired) electrons. The number of nitrogens with zero attached hydrogens (tertiary/aromatic N) is 1. The SMILES string of the molecule is CN(CCOCCOCCOCCOCCOCCOCCOCCO)CCOCCOCCOCCOCCOCCOCCOCCO. The molecule has 302 valence electrons. The van der Waals surface area contributed by atoms with Crippen molar-refractivity contribution in [3.63, 3.8) is 0 Å². The molecule has 0 amide bonds. The first-order valence-electron chi connectivity index (χ1n) is 17.8. The van der Waals surface area contributed by atoms with Crippen molar-refractivity contribution in [2.24, 2.45) is 0 Å². The van der Waals surface area contributed by atoms with Gasteiger partial charge in [0.15, 0.2) is 0 Å². The molecule has 0 aromatic rings. The summed E-state index contributed by atoms with van der Waals surface area (Å²) in [5, 5.41) is 17.2. The van der Waals surface area contributed by atoms with Crippen molar-refractivity contribution in [2.75, 3.05) is 218 Å². The second-order valence-corrected chi connectivity index (χ2v) is 10.3. The molecule has 2 N–H and O–H groups in total.